The molecule has 1 aromatic heterocycles. The summed E-state index contributed by atoms with van der Waals surface area (Å²) in [4.78, 5) is 12.4. The molecule has 4 nitrogen and oxygen atoms in total. The van der Waals surface area contributed by atoms with Crippen molar-refractivity contribution in [2.45, 2.75) is 13.3 Å². The summed E-state index contributed by atoms with van der Waals surface area (Å²) in [6, 6.07) is 9.93. The van der Waals surface area contributed by atoms with Gasteiger partial charge in [0, 0.05) is 6.42 Å². The quantitative estimate of drug-likeness (QED) is 0.672. The van der Waals surface area contributed by atoms with Gasteiger partial charge in [0.25, 0.3) is 0 Å². The van der Waals surface area contributed by atoms with Crippen LogP contribution in [0.25, 0.3) is 5.69 Å². The molecule has 3 rings (SSSR count). The van der Waals surface area contributed by atoms with Gasteiger partial charge in [0.15, 0.2) is 11.5 Å². The van der Waals surface area contributed by atoms with E-state index in [0.29, 0.717) is 16.9 Å². The van der Waals surface area contributed by atoms with Crippen molar-refractivity contribution in [3.63, 3.8) is 0 Å². The van der Waals surface area contributed by atoms with Gasteiger partial charge in [-0.2, -0.15) is 0 Å². The van der Waals surface area contributed by atoms with Gasteiger partial charge >= 0.3 is 0 Å². The van der Waals surface area contributed by atoms with Gasteiger partial charge in [0.05, 0.1) is 16.4 Å². The van der Waals surface area contributed by atoms with Gasteiger partial charge in [-0.3, -0.25) is 4.79 Å². The highest BCUT2D eigenvalue weighted by atomic mass is 35.5. The number of hydrogen-bond acceptors (Lipinski definition) is 3. The van der Waals surface area contributed by atoms with E-state index in [2.05, 4.69) is 10.3 Å². The van der Waals surface area contributed by atoms with E-state index in [4.69, 9.17) is 11.6 Å². The Balaban J connectivity index is 1.89. The summed E-state index contributed by atoms with van der Waals surface area (Å²) >= 11 is 5.77. The number of nitrogens with zero attached hydrogens (tertiary/aromatic N) is 3. The molecule has 0 saturated heterocycles. The highest BCUT2D eigenvalue weighted by Gasteiger charge is 2.18. The van der Waals surface area contributed by atoms with Gasteiger partial charge in [-0.25, -0.2) is 13.5 Å². The Kier molecular flexibility index (Phi) is 4.40. The molecule has 0 spiro atoms. The summed E-state index contributed by atoms with van der Waals surface area (Å²) in [5, 5.41) is 7.78. The van der Waals surface area contributed by atoms with Gasteiger partial charge < -0.3 is 0 Å². The number of Topliss-reactive ketones (excluding diaryl/α,β-unsaturated/α-hetero) is 1. The van der Waals surface area contributed by atoms with Crippen molar-refractivity contribution >= 4 is 17.4 Å². The lowest BCUT2D eigenvalue weighted by Crippen LogP contribution is -2.07. The van der Waals surface area contributed by atoms with Crippen molar-refractivity contribution < 1.29 is 13.6 Å². The standard InChI is InChI=1S/C17H12ClF2N3O/c1-10-17(16(24)8-11-3-2-4-12(19)7-11)21-22-23(10)13-5-6-15(20)14(18)9-13/h2-7,9H,8H2,1H3. The lowest BCUT2D eigenvalue weighted by molar-refractivity contribution is 0.0987. The van der Waals surface area contributed by atoms with Crippen molar-refractivity contribution in [2.24, 2.45) is 0 Å². The van der Waals surface area contributed by atoms with Crippen LogP contribution < -0.4 is 0 Å². The smallest absolute Gasteiger partial charge is 0.189 e. The summed E-state index contributed by atoms with van der Waals surface area (Å²) in [5.74, 6) is -1.22. The van der Waals surface area contributed by atoms with E-state index >= 15 is 0 Å². The molecule has 122 valence electrons. The van der Waals surface area contributed by atoms with Gasteiger partial charge in [-0.1, -0.05) is 28.9 Å². The Bertz CT molecular complexity index is 924. The molecular formula is C17H12ClF2N3O. The minimum Gasteiger partial charge on any atom is -0.292 e. The molecule has 0 fully saturated rings. The molecule has 2 aromatic carbocycles. The SMILES string of the molecule is Cc1c(C(=O)Cc2cccc(F)c2)nnn1-c1ccc(F)c(Cl)c1. The second kappa shape index (κ2) is 6.49. The number of aromatic nitrogens is 3. The maximum atomic E-state index is 13.3. The molecule has 7 heteroatoms. The number of rotatable bonds is 4. The zero-order valence-corrected chi connectivity index (χ0v) is 13.4. The van der Waals surface area contributed by atoms with Crippen LogP contribution in [0.15, 0.2) is 42.5 Å². The molecule has 3 aromatic rings. The highest BCUT2D eigenvalue weighted by Crippen LogP contribution is 2.20. The normalized spacial score (nSPS) is 10.8. The van der Waals surface area contributed by atoms with Gasteiger partial charge in [0.2, 0.25) is 0 Å². The molecule has 0 aliphatic carbocycles. The van der Waals surface area contributed by atoms with Crippen molar-refractivity contribution in [1.29, 1.82) is 0 Å². The summed E-state index contributed by atoms with van der Waals surface area (Å²) in [6.45, 7) is 1.68. The first-order valence-electron chi connectivity index (χ1n) is 7.11. The molecule has 0 aliphatic heterocycles. The molecule has 0 bridgehead atoms. The van der Waals surface area contributed by atoms with E-state index in [1.807, 2.05) is 0 Å². The van der Waals surface area contributed by atoms with Crippen LogP contribution in [0.3, 0.4) is 0 Å². The molecule has 0 amide bonds. The predicted octanol–water partition coefficient (Wildman–Crippen LogP) is 3.93. The molecule has 1 heterocycles. The van der Waals surface area contributed by atoms with Gasteiger partial charge in [0.1, 0.15) is 11.6 Å². The third-order valence-corrected chi connectivity index (χ3v) is 3.85. The summed E-state index contributed by atoms with van der Waals surface area (Å²) in [7, 11) is 0. The monoisotopic (exact) mass is 347 g/mol. The lowest BCUT2D eigenvalue weighted by atomic mass is 10.1. The Labute approximate surface area is 141 Å². The number of carbonyl (C=O) groups is 1. The Hall–Kier alpha value is -2.60. The van der Waals surface area contributed by atoms with Crippen molar-refractivity contribution in [1.82, 2.24) is 15.0 Å². The first-order chi connectivity index (χ1) is 11.5. The van der Waals surface area contributed by atoms with Crippen LogP contribution in [0, 0.1) is 18.6 Å². The summed E-state index contributed by atoms with van der Waals surface area (Å²) < 4.78 is 27.9. The van der Waals surface area contributed by atoms with Crippen molar-refractivity contribution in [3.05, 3.63) is 76.1 Å². The molecule has 0 atom stereocenters. The maximum absolute atomic E-state index is 13.3. The van der Waals surface area contributed by atoms with Crippen LogP contribution in [0.4, 0.5) is 8.78 Å². The number of halogens is 3. The topological polar surface area (TPSA) is 47.8 Å². The molecule has 0 saturated carbocycles. The molecule has 0 aliphatic rings. The van der Waals surface area contributed by atoms with Gasteiger partial charge in [-0.15, -0.1) is 5.10 Å². The minimum absolute atomic E-state index is 0.0153. The maximum Gasteiger partial charge on any atom is 0.189 e. The number of carbonyl (C=O) groups excluding carboxylic acids is 1. The van der Waals surface area contributed by atoms with Crippen LogP contribution in [-0.2, 0) is 6.42 Å². The van der Waals surface area contributed by atoms with E-state index in [1.165, 1.54) is 35.0 Å². The fourth-order valence-corrected chi connectivity index (χ4v) is 2.54. The first kappa shape index (κ1) is 16.3. The van der Waals surface area contributed by atoms with Crippen molar-refractivity contribution in [2.75, 3.05) is 0 Å². The Morgan fingerprint density at radius 3 is 2.71 bits per heavy atom. The largest absolute Gasteiger partial charge is 0.292 e. The third-order valence-electron chi connectivity index (χ3n) is 3.56. The van der Waals surface area contributed by atoms with E-state index in [-0.39, 0.29) is 22.9 Å². The molecule has 24 heavy (non-hydrogen) atoms. The van der Waals surface area contributed by atoms with E-state index in [9.17, 15) is 13.6 Å². The van der Waals surface area contributed by atoms with Gasteiger partial charge in [-0.05, 0) is 42.8 Å². The minimum atomic E-state index is -0.541. The fourth-order valence-electron chi connectivity index (χ4n) is 2.36. The highest BCUT2D eigenvalue weighted by molar-refractivity contribution is 6.30. The second-order valence-corrected chi connectivity index (χ2v) is 5.67. The average Bonchev–Trinajstić information content (AvgIpc) is 2.92. The number of ketones is 1. The number of benzene rings is 2. The number of hydrogen-bond donors (Lipinski definition) is 0. The Morgan fingerprint density at radius 1 is 1.21 bits per heavy atom. The van der Waals surface area contributed by atoms with Crippen LogP contribution in [-0.4, -0.2) is 20.8 Å². The zero-order valence-electron chi connectivity index (χ0n) is 12.6. The van der Waals surface area contributed by atoms with E-state index in [0.717, 1.165) is 0 Å². The zero-order chi connectivity index (χ0) is 17.3. The van der Waals surface area contributed by atoms with Crippen LogP contribution in [0.1, 0.15) is 21.7 Å². The Morgan fingerprint density at radius 2 is 2.00 bits per heavy atom. The summed E-state index contributed by atoms with van der Waals surface area (Å²) in [5.41, 5.74) is 1.73. The fraction of sp³-hybridized carbons (Fsp3) is 0.118. The summed E-state index contributed by atoms with van der Waals surface area (Å²) in [6.07, 6.45) is 0.0153. The lowest BCUT2D eigenvalue weighted by Gasteiger charge is -2.05. The first-order valence-corrected chi connectivity index (χ1v) is 7.49. The molecule has 0 N–H and O–H groups in total. The van der Waals surface area contributed by atoms with Crippen molar-refractivity contribution in [3.8, 4) is 5.69 Å². The average molecular weight is 348 g/mol. The molecular weight excluding hydrogens is 336 g/mol. The van der Waals surface area contributed by atoms with E-state index in [1.54, 1.807) is 19.1 Å². The molecule has 0 radical (unpaired) electrons. The van der Waals surface area contributed by atoms with Crippen LogP contribution in [0.2, 0.25) is 5.02 Å². The molecule has 0 unspecified atom stereocenters. The second-order valence-electron chi connectivity index (χ2n) is 5.26. The van der Waals surface area contributed by atoms with Crippen LogP contribution in [0.5, 0.6) is 0 Å². The third kappa shape index (κ3) is 3.19. The van der Waals surface area contributed by atoms with E-state index < -0.39 is 11.6 Å². The predicted molar refractivity (Wildman–Crippen MR) is 85.5 cm³/mol. The van der Waals surface area contributed by atoms with Crippen LogP contribution >= 0.6 is 11.6 Å².